The van der Waals surface area contributed by atoms with Gasteiger partial charge in [-0.2, -0.15) is 5.10 Å². The SMILES string of the molecule is Cc1nc(C)n(CCC(=O)N2CCC3(CC2)NC(=O)c2cccnc2N3C)n1. The first-order valence-corrected chi connectivity index (χ1v) is 9.57. The third-order valence-corrected chi connectivity index (χ3v) is 5.78. The minimum atomic E-state index is -0.491. The van der Waals surface area contributed by atoms with Gasteiger partial charge in [0.15, 0.2) is 0 Å². The minimum Gasteiger partial charge on any atom is -0.342 e. The van der Waals surface area contributed by atoms with Gasteiger partial charge in [-0.1, -0.05) is 0 Å². The third kappa shape index (κ3) is 3.10. The Hall–Kier alpha value is -2.97. The van der Waals surface area contributed by atoms with Crippen molar-refractivity contribution < 1.29 is 9.59 Å². The van der Waals surface area contributed by atoms with Gasteiger partial charge in [0.05, 0.1) is 12.1 Å². The van der Waals surface area contributed by atoms with Crippen molar-refractivity contribution in [1.29, 1.82) is 0 Å². The van der Waals surface area contributed by atoms with Crippen LogP contribution in [0.25, 0.3) is 0 Å². The Morgan fingerprint density at radius 1 is 1.29 bits per heavy atom. The second-order valence-corrected chi connectivity index (χ2v) is 7.48. The molecule has 2 aromatic heterocycles. The van der Waals surface area contributed by atoms with E-state index in [1.807, 2.05) is 30.7 Å². The lowest BCUT2D eigenvalue weighted by Crippen LogP contribution is -2.67. The number of nitrogens with zero attached hydrogens (tertiary/aromatic N) is 6. The highest BCUT2D eigenvalue weighted by Crippen LogP contribution is 2.34. The second-order valence-electron chi connectivity index (χ2n) is 7.48. The molecule has 0 unspecified atom stereocenters. The number of likely N-dealkylation sites (tertiary alicyclic amines) is 1. The number of piperidine rings is 1. The largest absolute Gasteiger partial charge is 0.342 e. The number of nitrogens with one attached hydrogen (secondary N) is 1. The predicted octanol–water partition coefficient (Wildman–Crippen LogP) is 0.879. The summed E-state index contributed by atoms with van der Waals surface area (Å²) in [4.78, 5) is 37.8. The lowest BCUT2D eigenvalue weighted by molar-refractivity contribution is -0.133. The molecular weight excluding hydrogens is 358 g/mol. The molecule has 0 aliphatic carbocycles. The standard InChI is InChI=1S/C19H25N7O2/c1-13-21-14(2)26(23-13)10-6-16(27)25-11-7-19(8-12-25)22-18(28)15-5-4-9-20-17(15)24(19)3/h4-5,9H,6-8,10-12H2,1-3H3,(H,22,28). The molecule has 2 aliphatic heterocycles. The van der Waals surface area contributed by atoms with E-state index in [-0.39, 0.29) is 11.8 Å². The van der Waals surface area contributed by atoms with Gasteiger partial charge in [0, 0.05) is 45.6 Å². The van der Waals surface area contributed by atoms with E-state index in [0.717, 1.165) is 11.6 Å². The van der Waals surface area contributed by atoms with Crippen molar-refractivity contribution in [3.63, 3.8) is 0 Å². The molecule has 28 heavy (non-hydrogen) atoms. The van der Waals surface area contributed by atoms with E-state index in [2.05, 4.69) is 20.4 Å². The van der Waals surface area contributed by atoms with Crippen molar-refractivity contribution in [1.82, 2.24) is 30.0 Å². The molecule has 2 aliphatic rings. The molecular formula is C19H25N7O2. The first-order chi connectivity index (χ1) is 13.4. The maximum absolute atomic E-state index is 12.7. The molecule has 1 saturated heterocycles. The molecule has 0 bridgehead atoms. The maximum Gasteiger partial charge on any atom is 0.256 e. The number of aromatic nitrogens is 4. The number of fused-ring (bicyclic) bond motifs is 1. The summed E-state index contributed by atoms with van der Waals surface area (Å²) in [5, 5.41) is 7.46. The maximum atomic E-state index is 12.7. The first kappa shape index (κ1) is 18.4. The third-order valence-electron chi connectivity index (χ3n) is 5.78. The number of rotatable bonds is 3. The van der Waals surface area contributed by atoms with Crippen LogP contribution >= 0.6 is 0 Å². The second kappa shape index (κ2) is 6.88. The minimum absolute atomic E-state index is 0.0991. The molecule has 9 nitrogen and oxygen atoms in total. The van der Waals surface area contributed by atoms with Gasteiger partial charge >= 0.3 is 0 Å². The van der Waals surface area contributed by atoms with Gasteiger partial charge in [-0.25, -0.2) is 14.6 Å². The van der Waals surface area contributed by atoms with Crippen molar-refractivity contribution in [2.45, 2.75) is 45.3 Å². The summed E-state index contributed by atoms with van der Waals surface area (Å²) >= 11 is 0. The lowest BCUT2D eigenvalue weighted by Gasteiger charge is -2.50. The number of aryl methyl sites for hydroxylation is 3. The van der Waals surface area contributed by atoms with Gasteiger partial charge in [0.2, 0.25) is 5.91 Å². The molecule has 0 saturated carbocycles. The monoisotopic (exact) mass is 383 g/mol. The van der Waals surface area contributed by atoms with Crippen LogP contribution in [0.5, 0.6) is 0 Å². The van der Waals surface area contributed by atoms with Crippen LogP contribution in [-0.4, -0.2) is 62.3 Å². The molecule has 9 heteroatoms. The molecule has 1 fully saturated rings. The van der Waals surface area contributed by atoms with E-state index < -0.39 is 5.66 Å². The molecule has 2 amide bonds. The van der Waals surface area contributed by atoms with Crippen molar-refractivity contribution in [3.05, 3.63) is 35.5 Å². The first-order valence-electron chi connectivity index (χ1n) is 9.57. The summed E-state index contributed by atoms with van der Waals surface area (Å²) in [7, 11) is 1.96. The summed E-state index contributed by atoms with van der Waals surface area (Å²) in [6.45, 7) is 5.46. The van der Waals surface area contributed by atoms with E-state index in [1.54, 1.807) is 23.0 Å². The number of hydrogen-bond donors (Lipinski definition) is 1. The molecule has 0 radical (unpaired) electrons. The van der Waals surface area contributed by atoms with Crippen LogP contribution < -0.4 is 10.2 Å². The van der Waals surface area contributed by atoms with E-state index in [0.29, 0.717) is 50.3 Å². The van der Waals surface area contributed by atoms with Gasteiger partial charge in [-0.3, -0.25) is 9.59 Å². The predicted molar refractivity (Wildman–Crippen MR) is 103 cm³/mol. The number of anilines is 1. The molecule has 1 N–H and O–H groups in total. The molecule has 4 heterocycles. The van der Waals surface area contributed by atoms with Crippen molar-refractivity contribution in [2.24, 2.45) is 0 Å². The normalized spacial score (nSPS) is 18.2. The zero-order valence-electron chi connectivity index (χ0n) is 16.5. The average molecular weight is 383 g/mol. The van der Waals surface area contributed by atoms with E-state index >= 15 is 0 Å². The van der Waals surface area contributed by atoms with Gasteiger partial charge in [0.25, 0.3) is 5.91 Å². The number of pyridine rings is 1. The van der Waals surface area contributed by atoms with E-state index in [1.165, 1.54) is 0 Å². The van der Waals surface area contributed by atoms with Gasteiger partial charge in [-0.15, -0.1) is 0 Å². The van der Waals surface area contributed by atoms with Gasteiger partial charge in [0.1, 0.15) is 23.1 Å². The highest BCUT2D eigenvalue weighted by atomic mass is 16.2. The highest BCUT2D eigenvalue weighted by molar-refractivity contribution is 6.01. The Kier molecular flexibility index (Phi) is 4.52. The fourth-order valence-corrected chi connectivity index (χ4v) is 4.13. The van der Waals surface area contributed by atoms with Crippen LogP contribution in [0.15, 0.2) is 18.3 Å². The Morgan fingerprint density at radius 3 is 2.71 bits per heavy atom. The molecule has 4 rings (SSSR count). The van der Waals surface area contributed by atoms with Crippen molar-refractivity contribution in [2.75, 3.05) is 25.0 Å². The molecule has 1 spiro atoms. The Morgan fingerprint density at radius 2 is 2.04 bits per heavy atom. The van der Waals surface area contributed by atoms with Gasteiger partial charge < -0.3 is 15.1 Å². The molecule has 0 atom stereocenters. The van der Waals surface area contributed by atoms with Gasteiger partial charge in [-0.05, 0) is 26.0 Å². The summed E-state index contributed by atoms with van der Waals surface area (Å²) in [5.74, 6) is 2.24. The summed E-state index contributed by atoms with van der Waals surface area (Å²) in [6, 6.07) is 3.55. The molecule has 148 valence electrons. The number of carbonyl (C=O) groups is 2. The molecule has 0 aromatic carbocycles. The van der Waals surface area contributed by atoms with Crippen LogP contribution in [0.4, 0.5) is 5.82 Å². The fourth-order valence-electron chi connectivity index (χ4n) is 4.13. The topological polar surface area (TPSA) is 96.2 Å². The van der Waals surface area contributed by atoms with Crippen molar-refractivity contribution in [3.8, 4) is 0 Å². The zero-order chi connectivity index (χ0) is 19.9. The van der Waals surface area contributed by atoms with Crippen LogP contribution in [-0.2, 0) is 11.3 Å². The Balaban J connectivity index is 1.40. The summed E-state index contributed by atoms with van der Waals surface area (Å²) < 4.78 is 1.77. The average Bonchev–Trinajstić information content (AvgIpc) is 3.02. The number of hydrogen-bond acceptors (Lipinski definition) is 6. The highest BCUT2D eigenvalue weighted by Gasteiger charge is 2.45. The Labute approximate surface area is 163 Å². The lowest BCUT2D eigenvalue weighted by atomic mass is 9.91. The summed E-state index contributed by atoms with van der Waals surface area (Å²) in [5.41, 5.74) is 0.0991. The van der Waals surface area contributed by atoms with Crippen LogP contribution in [0.2, 0.25) is 0 Å². The van der Waals surface area contributed by atoms with E-state index in [9.17, 15) is 9.59 Å². The quantitative estimate of drug-likeness (QED) is 0.845. The van der Waals surface area contributed by atoms with Crippen LogP contribution in [0.3, 0.4) is 0 Å². The molecule has 2 aromatic rings. The van der Waals surface area contributed by atoms with E-state index in [4.69, 9.17) is 0 Å². The van der Waals surface area contributed by atoms with Crippen LogP contribution in [0.1, 0.15) is 41.3 Å². The number of carbonyl (C=O) groups excluding carboxylic acids is 2. The Bertz CT molecular complexity index is 915. The summed E-state index contributed by atoms with van der Waals surface area (Å²) in [6.07, 6.45) is 3.42. The van der Waals surface area contributed by atoms with Crippen LogP contribution in [0, 0.1) is 13.8 Å². The van der Waals surface area contributed by atoms with Crippen molar-refractivity contribution >= 4 is 17.6 Å². The zero-order valence-corrected chi connectivity index (χ0v) is 16.5. The number of amides is 2. The smallest absolute Gasteiger partial charge is 0.256 e. The fraction of sp³-hybridized carbons (Fsp3) is 0.526.